The van der Waals surface area contributed by atoms with Gasteiger partial charge in [-0.3, -0.25) is 0 Å². The zero-order chi connectivity index (χ0) is 17.9. The third kappa shape index (κ3) is 8.42. The van der Waals surface area contributed by atoms with Crippen LogP contribution in [0, 0.1) is 5.41 Å². The molecule has 1 nitrogen and oxygen atoms in total. The Hall–Kier alpha value is -0.790. The van der Waals surface area contributed by atoms with Gasteiger partial charge in [-0.2, -0.15) is 0 Å². The second kappa shape index (κ2) is 12.5. The van der Waals surface area contributed by atoms with Crippen LogP contribution in [0.15, 0.2) is 43.0 Å². The summed E-state index contributed by atoms with van der Waals surface area (Å²) in [4.78, 5) is 0. The highest BCUT2D eigenvalue weighted by atomic mass is 35.5. The molecular weight excluding hydrogens is 326 g/mol. The van der Waals surface area contributed by atoms with Gasteiger partial charge in [0.1, 0.15) is 0 Å². The Balaban J connectivity index is 0.00000576. The minimum atomic E-state index is -0.258. The SMILES string of the molecule is C=CC(CCCCCCCCCC)(Cc1ccccc1)C(C)(C)N.Cl. The maximum atomic E-state index is 6.60. The molecule has 0 amide bonds. The van der Waals surface area contributed by atoms with Crippen molar-refractivity contribution in [3.8, 4) is 0 Å². The number of benzene rings is 1. The van der Waals surface area contributed by atoms with Crippen molar-refractivity contribution in [2.24, 2.45) is 11.1 Å². The van der Waals surface area contributed by atoms with Crippen molar-refractivity contribution >= 4 is 12.4 Å². The molecule has 2 heteroatoms. The van der Waals surface area contributed by atoms with Crippen molar-refractivity contribution in [1.82, 2.24) is 0 Å². The largest absolute Gasteiger partial charge is 0.325 e. The zero-order valence-electron chi connectivity index (χ0n) is 16.7. The fourth-order valence-electron chi connectivity index (χ4n) is 3.61. The van der Waals surface area contributed by atoms with Gasteiger partial charge in [-0.15, -0.1) is 19.0 Å². The molecule has 1 aromatic carbocycles. The molecule has 0 bridgehead atoms. The van der Waals surface area contributed by atoms with Crippen LogP contribution in [0.25, 0.3) is 0 Å². The number of halogens is 1. The van der Waals surface area contributed by atoms with E-state index in [2.05, 4.69) is 63.8 Å². The Bertz CT molecular complexity index is 449. The predicted octanol–water partition coefficient (Wildman–Crippen LogP) is 7.09. The van der Waals surface area contributed by atoms with E-state index in [1.54, 1.807) is 0 Å². The molecule has 0 aliphatic heterocycles. The topological polar surface area (TPSA) is 26.0 Å². The molecule has 0 aliphatic rings. The standard InChI is InChI=1S/C23H39N.ClH/c1-5-7-8-9-10-11-12-16-19-23(6-2,22(3,4)24)20-21-17-14-13-15-18-21;/h6,13-15,17-18H,2,5,7-12,16,19-20,24H2,1,3-4H3;1H. The number of rotatable bonds is 13. The fraction of sp³-hybridized carbons (Fsp3) is 0.652. The van der Waals surface area contributed by atoms with Crippen LogP contribution in [-0.4, -0.2) is 5.54 Å². The van der Waals surface area contributed by atoms with E-state index >= 15 is 0 Å². The third-order valence-corrected chi connectivity index (χ3v) is 5.51. The smallest absolute Gasteiger partial charge is 0.0192 e. The molecule has 1 unspecified atom stereocenters. The Kier molecular flexibility index (Phi) is 12.1. The van der Waals surface area contributed by atoms with Gasteiger partial charge in [0.15, 0.2) is 0 Å². The van der Waals surface area contributed by atoms with Crippen LogP contribution in [0.1, 0.15) is 84.1 Å². The molecule has 0 fully saturated rings. The first-order valence-electron chi connectivity index (χ1n) is 9.91. The average molecular weight is 366 g/mol. The lowest BCUT2D eigenvalue weighted by Crippen LogP contribution is -2.51. The second-order valence-electron chi connectivity index (χ2n) is 7.97. The van der Waals surface area contributed by atoms with Crippen molar-refractivity contribution in [3.63, 3.8) is 0 Å². The Labute approximate surface area is 162 Å². The number of hydrogen-bond acceptors (Lipinski definition) is 1. The van der Waals surface area contributed by atoms with Gasteiger partial charge in [0.05, 0.1) is 0 Å². The summed E-state index contributed by atoms with van der Waals surface area (Å²) in [6.45, 7) is 10.7. The summed E-state index contributed by atoms with van der Waals surface area (Å²) in [7, 11) is 0. The zero-order valence-corrected chi connectivity index (χ0v) is 17.5. The van der Waals surface area contributed by atoms with Gasteiger partial charge < -0.3 is 5.73 Å². The van der Waals surface area contributed by atoms with Crippen molar-refractivity contribution in [2.45, 2.75) is 90.5 Å². The summed E-state index contributed by atoms with van der Waals surface area (Å²) >= 11 is 0. The highest BCUT2D eigenvalue weighted by Crippen LogP contribution is 2.40. The quantitative estimate of drug-likeness (QED) is 0.293. The molecule has 0 heterocycles. The molecule has 1 rings (SSSR count). The highest BCUT2D eigenvalue weighted by Gasteiger charge is 2.39. The first kappa shape index (κ1) is 24.2. The van der Waals surface area contributed by atoms with Crippen molar-refractivity contribution in [2.75, 3.05) is 0 Å². The van der Waals surface area contributed by atoms with E-state index in [4.69, 9.17) is 5.73 Å². The second-order valence-corrected chi connectivity index (χ2v) is 7.97. The van der Waals surface area contributed by atoms with Crippen molar-refractivity contribution < 1.29 is 0 Å². The minimum Gasteiger partial charge on any atom is -0.325 e. The molecule has 1 aromatic rings. The summed E-state index contributed by atoms with van der Waals surface area (Å²) < 4.78 is 0. The highest BCUT2D eigenvalue weighted by molar-refractivity contribution is 5.85. The molecular formula is C23H40ClN. The third-order valence-electron chi connectivity index (χ3n) is 5.51. The van der Waals surface area contributed by atoms with Crippen LogP contribution in [0.5, 0.6) is 0 Å². The summed E-state index contributed by atoms with van der Waals surface area (Å²) in [5.41, 5.74) is 7.67. The van der Waals surface area contributed by atoms with E-state index < -0.39 is 0 Å². The van der Waals surface area contributed by atoms with Crippen LogP contribution in [0.3, 0.4) is 0 Å². The van der Waals surface area contributed by atoms with Gasteiger partial charge in [-0.1, -0.05) is 94.7 Å². The van der Waals surface area contributed by atoms with Crippen LogP contribution in [-0.2, 0) is 6.42 Å². The lowest BCUT2D eigenvalue weighted by molar-refractivity contribution is 0.192. The van der Waals surface area contributed by atoms with Crippen LogP contribution < -0.4 is 5.73 Å². The van der Waals surface area contributed by atoms with Gasteiger partial charge in [0.2, 0.25) is 0 Å². The molecule has 0 saturated carbocycles. The van der Waals surface area contributed by atoms with Gasteiger partial charge in [0.25, 0.3) is 0 Å². The Morgan fingerprint density at radius 1 is 0.920 bits per heavy atom. The molecule has 0 aliphatic carbocycles. The van der Waals surface area contributed by atoms with Crippen LogP contribution >= 0.6 is 12.4 Å². The molecule has 0 radical (unpaired) electrons. The number of hydrogen-bond donors (Lipinski definition) is 1. The summed E-state index contributed by atoms with van der Waals surface area (Å²) in [6.07, 6.45) is 15.0. The fourth-order valence-corrected chi connectivity index (χ4v) is 3.61. The summed E-state index contributed by atoms with van der Waals surface area (Å²) in [5.74, 6) is 0. The Morgan fingerprint density at radius 2 is 1.44 bits per heavy atom. The van der Waals surface area contributed by atoms with E-state index in [1.807, 2.05) is 0 Å². The summed E-state index contributed by atoms with van der Waals surface area (Å²) in [6, 6.07) is 10.7. The first-order valence-corrected chi connectivity index (χ1v) is 9.91. The van der Waals surface area contributed by atoms with E-state index in [0.717, 1.165) is 12.8 Å². The first-order chi connectivity index (χ1) is 11.4. The molecule has 0 aromatic heterocycles. The van der Waals surface area contributed by atoms with Crippen LogP contribution in [0.4, 0.5) is 0 Å². The van der Waals surface area contributed by atoms with Gasteiger partial charge in [0, 0.05) is 11.0 Å². The number of nitrogens with two attached hydrogens (primary N) is 1. The maximum Gasteiger partial charge on any atom is 0.0192 e. The normalized spacial score (nSPS) is 13.8. The molecule has 0 spiro atoms. The molecule has 25 heavy (non-hydrogen) atoms. The number of unbranched alkanes of at least 4 members (excludes halogenated alkanes) is 7. The van der Waals surface area contributed by atoms with E-state index in [1.165, 1.54) is 56.9 Å². The van der Waals surface area contributed by atoms with E-state index in [0.29, 0.717) is 0 Å². The van der Waals surface area contributed by atoms with Crippen molar-refractivity contribution in [1.29, 1.82) is 0 Å². The Morgan fingerprint density at radius 3 is 1.92 bits per heavy atom. The van der Waals surface area contributed by atoms with Crippen molar-refractivity contribution in [3.05, 3.63) is 48.6 Å². The predicted molar refractivity (Wildman–Crippen MR) is 116 cm³/mol. The van der Waals surface area contributed by atoms with E-state index in [-0.39, 0.29) is 23.4 Å². The van der Waals surface area contributed by atoms with Gasteiger partial charge in [-0.25, -0.2) is 0 Å². The summed E-state index contributed by atoms with van der Waals surface area (Å²) in [5, 5.41) is 0. The maximum absolute atomic E-state index is 6.60. The van der Waals surface area contributed by atoms with Gasteiger partial charge >= 0.3 is 0 Å². The minimum absolute atomic E-state index is 0. The van der Waals surface area contributed by atoms with Gasteiger partial charge in [-0.05, 0) is 32.3 Å². The lowest BCUT2D eigenvalue weighted by atomic mass is 9.65. The lowest BCUT2D eigenvalue weighted by Gasteiger charge is -2.43. The van der Waals surface area contributed by atoms with E-state index in [9.17, 15) is 0 Å². The molecule has 0 saturated heterocycles. The van der Waals surface area contributed by atoms with Crippen LogP contribution in [0.2, 0.25) is 0 Å². The monoisotopic (exact) mass is 365 g/mol. The molecule has 2 N–H and O–H groups in total. The average Bonchev–Trinajstić information content (AvgIpc) is 2.56. The molecule has 1 atom stereocenters. The molecule has 144 valence electrons.